The summed E-state index contributed by atoms with van der Waals surface area (Å²) in [5.41, 5.74) is 8.36. The molecule has 0 aliphatic rings. The Bertz CT molecular complexity index is 752. The summed E-state index contributed by atoms with van der Waals surface area (Å²) in [5.74, 6) is 0.883. The summed E-state index contributed by atoms with van der Waals surface area (Å²) in [4.78, 5) is 0. The van der Waals surface area contributed by atoms with Crippen LogP contribution < -0.4 is 10.5 Å². The van der Waals surface area contributed by atoms with Crippen LogP contribution in [0.25, 0.3) is 10.9 Å². The van der Waals surface area contributed by atoms with Gasteiger partial charge in [0, 0.05) is 36.6 Å². The van der Waals surface area contributed by atoms with Gasteiger partial charge in [0.1, 0.15) is 11.9 Å². The van der Waals surface area contributed by atoms with E-state index in [9.17, 15) is 0 Å². The van der Waals surface area contributed by atoms with E-state index in [0.717, 1.165) is 17.7 Å². The minimum atomic E-state index is -0.0256. The average molecular weight is 331 g/mol. The summed E-state index contributed by atoms with van der Waals surface area (Å²) in [6.45, 7) is 2.01. The normalized spacial score (nSPS) is 13.3. The average Bonchev–Trinajstić information content (AvgIpc) is 2.88. The molecule has 3 aromatic rings. The Morgan fingerprint density at radius 3 is 2.52 bits per heavy atom. The molecular formula is C19H23ClN2O. The minimum absolute atomic E-state index is 0. The predicted molar refractivity (Wildman–Crippen MR) is 98.2 cm³/mol. The zero-order valence-corrected chi connectivity index (χ0v) is 14.3. The molecule has 0 bridgehead atoms. The number of hydrogen-bond acceptors (Lipinski definition) is 2. The maximum Gasteiger partial charge on any atom is 0.125 e. The fourth-order valence-corrected chi connectivity index (χ4v) is 2.75. The van der Waals surface area contributed by atoms with Gasteiger partial charge in [-0.1, -0.05) is 30.3 Å². The number of nitrogens with two attached hydrogens (primary N) is 1. The first-order valence-corrected chi connectivity index (χ1v) is 7.66. The largest absolute Gasteiger partial charge is 0.486 e. The lowest BCUT2D eigenvalue weighted by atomic mass is 10.0. The van der Waals surface area contributed by atoms with E-state index in [-0.39, 0.29) is 24.6 Å². The van der Waals surface area contributed by atoms with Crippen molar-refractivity contribution in [1.29, 1.82) is 0 Å². The van der Waals surface area contributed by atoms with Gasteiger partial charge in [-0.15, -0.1) is 12.4 Å². The van der Waals surface area contributed by atoms with E-state index in [1.165, 1.54) is 10.9 Å². The summed E-state index contributed by atoms with van der Waals surface area (Å²) in [6.07, 6.45) is 2.82. The van der Waals surface area contributed by atoms with Crippen molar-refractivity contribution in [2.45, 2.75) is 25.5 Å². The van der Waals surface area contributed by atoms with Crippen LogP contribution in [0.5, 0.6) is 5.75 Å². The summed E-state index contributed by atoms with van der Waals surface area (Å²) in [7, 11) is 2.05. The highest BCUT2D eigenvalue weighted by Crippen LogP contribution is 2.28. The van der Waals surface area contributed by atoms with Crippen molar-refractivity contribution in [3.8, 4) is 5.75 Å². The molecule has 3 rings (SSSR count). The molecule has 122 valence electrons. The molecule has 0 spiro atoms. The SMILES string of the molecule is C[C@@H](N)CC(Oc1ccc2c(ccn2C)c1)c1ccccc1.Cl. The van der Waals surface area contributed by atoms with Crippen LogP contribution in [-0.4, -0.2) is 10.6 Å². The van der Waals surface area contributed by atoms with Gasteiger partial charge in [-0.25, -0.2) is 0 Å². The number of halogens is 1. The molecule has 1 aromatic heterocycles. The van der Waals surface area contributed by atoms with E-state index in [2.05, 4.69) is 41.1 Å². The number of fused-ring (bicyclic) bond motifs is 1. The topological polar surface area (TPSA) is 40.2 Å². The lowest BCUT2D eigenvalue weighted by molar-refractivity contribution is 0.187. The molecule has 2 aromatic carbocycles. The Labute approximate surface area is 143 Å². The molecule has 0 amide bonds. The lowest BCUT2D eigenvalue weighted by Crippen LogP contribution is -2.21. The van der Waals surface area contributed by atoms with Crippen LogP contribution in [0.1, 0.15) is 25.0 Å². The molecule has 0 fully saturated rings. The van der Waals surface area contributed by atoms with Gasteiger partial charge in [-0.3, -0.25) is 0 Å². The second kappa shape index (κ2) is 7.53. The fraction of sp³-hybridized carbons (Fsp3) is 0.263. The second-order valence-electron chi connectivity index (χ2n) is 5.88. The zero-order chi connectivity index (χ0) is 15.5. The van der Waals surface area contributed by atoms with Crippen LogP contribution in [0.2, 0.25) is 0 Å². The molecule has 0 radical (unpaired) electrons. The predicted octanol–water partition coefficient (Wildman–Crippen LogP) is 4.46. The number of aromatic nitrogens is 1. The van der Waals surface area contributed by atoms with Gasteiger partial charge in [0.05, 0.1) is 0 Å². The molecule has 0 saturated carbocycles. The summed E-state index contributed by atoms with van der Waals surface area (Å²) in [6, 6.07) is 18.7. The Balaban J connectivity index is 0.00000192. The molecule has 1 unspecified atom stereocenters. The van der Waals surface area contributed by atoms with Crippen molar-refractivity contribution in [2.24, 2.45) is 12.8 Å². The van der Waals surface area contributed by atoms with Crippen LogP contribution >= 0.6 is 12.4 Å². The lowest BCUT2D eigenvalue weighted by Gasteiger charge is -2.21. The Morgan fingerprint density at radius 1 is 1.09 bits per heavy atom. The monoisotopic (exact) mass is 330 g/mol. The van der Waals surface area contributed by atoms with Crippen LogP contribution in [0.15, 0.2) is 60.8 Å². The highest BCUT2D eigenvalue weighted by molar-refractivity contribution is 5.85. The zero-order valence-electron chi connectivity index (χ0n) is 13.5. The molecule has 2 N–H and O–H groups in total. The first kappa shape index (κ1) is 17.4. The Hall–Kier alpha value is -1.97. The number of nitrogens with zero attached hydrogens (tertiary/aromatic N) is 1. The Morgan fingerprint density at radius 2 is 1.83 bits per heavy atom. The van der Waals surface area contributed by atoms with Gasteiger partial charge in [0.15, 0.2) is 0 Å². The molecule has 0 aliphatic heterocycles. The third-order valence-electron chi connectivity index (χ3n) is 3.89. The van der Waals surface area contributed by atoms with Crippen molar-refractivity contribution in [1.82, 2.24) is 4.57 Å². The molecule has 3 nitrogen and oxygen atoms in total. The minimum Gasteiger partial charge on any atom is -0.486 e. The van der Waals surface area contributed by atoms with Crippen molar-refractivity contribution in [3.05, 3.63) is 66.4 Å². The Kier molecular flexibility index (Phi) is 5.69. The first-order chi connectivity index (χ1) is 10.6. The van der Waals surface area contributed by atoms with E-state index in [1.54, 1.807) is 0 Å². The van der Waals surface area contributed by atoms with Crippen LogP contribution in [-0.2, 0) is 7.05 Å². The van der Waals surface area contributed by atoms with Crippen molar-refractivity contribution in [3.63, 3.8) is 0 Å². The molecule has 0 aliphatic carbocycles. The third kappa shape index (κ3) is 4.06. The van der Waals surface area contributed by atoms with Gasteiger partial charge < -0.3 is 15.0 Å². The fourth-order valence-electron chi connectivity index (χ4n) is 2.75. The standard InChI is InChI=1S/C19H22N2O.ClH/c1-14(20)12-19(15-6-4-3-5-7-15)22-17-8-9-18-16(13-17)10-11-21(18)2;/h3-11,13-14,19H,12,20H2,1-2H3;1H/t14-,19?;/m1./s1. The maximum atomic E-state index is 6.24. The summed E-state index contributed by atoms with van der Waals surface area (Å²) in [5, 5.41) is 1.19. The van der Waals surface area contributed by atoms with Gasteiger partial charge in [-0.2, -0.15) is 0 Å². The smallest absolute Gasteiger partial charge is 0.125 e. The van der Waals surface area contributed by atoms with E-state index in [0.29, 0.717) is 0 Å². The maximum absolute atomic E-state index is 6.24. The van der Waals surface area contributed by atoms with Gasteiger partial charge >= 0.3 is 0 Å². The van der Waals surface area contributed by atoms with Crippen molar-refractivity contribution >= 4 is 23.3 Å². The molecule has 1 heterocycles. The van der Waals surface area contributed by atoms with Gasteiger partial charge in [0.2, 0.25) is 0 Å². The number of aryl methyl sites for hydroxylation is 1. The number of benzene rings is 2. The van der Waals surface area contributed by atoms with Crippen molar-refractivity contribution < 1.29 is 4.74 Å². The number of ether oxygens (including phenoxy) is 1. The van der Waals surface area contributed by atoms with Crippen LogP contribution in [0, 0.1) is 0 Å². The molecule has 0 saturated heterocycles. The summed E-state index contributed by atoms with van der Waals surface area (Å²) >= 11 is 0. The molecule has 4 heteroatoms. The molecule has 23 heavy (non-hydrogen) atoms. The molecular weight excluding hydrogens is 308 g/mol. The van der Waals surface area contributed by atoms with Crippen LogP contribution in [0.3, 0.4) is 0 Å². The highest BCUT2D eigenvalue weighted by Gasteiger charge is 2.15. The summed E-state index contributed by atoms with van der Waals surface area (Å²) < 4.78 is 8.35. The quantitative estimate of drug-likeness (QED) is 0.750. The van der Waals surface area contributed by atoms with E-state index in [1.807, 2.05) is 38.2 Å². The second-order valence-corrected chi connectivity index (χ2v) is 5.88. The number of rotatable bonds is 5. The third-order valence-corrected chi connectivity index (χ3v) is 3.89. The van der Waals surface area contributed by atoms with Gasteiger partial charge in [-0.05, 0) is 36.8 Å². The highest BCUT2D eigenvalue weighted by atomic mass is 35.5. The van der Waals surface area contributed by atoms with Gasteiger partial charge in [0.25, 0.3) is 0 Å². The van der Waals surface area contributed by atoms with E-state index >= 15 is 0 Å². The van der Waals surface area contributed by atoms with Crippen LogP contribution in [0.4, 0.5) is 0 Å². The van der Waals surface area contributed by atoms with Crippen molar-refractivity contribution in [2.75, 3.05) is 0 Å². The molecule has 2 atom stereocenters. The first-order valence-electron chi connectivity index (χ1n) is 7.66. The van der Waals surface area contributed by atoms with E-state index < -0.39 is 0 Å². The number of hydrogen-bond donors (Lipinski definition) is 1. The van der Waals surface area contributed by atoms with E-state index in [4.69, 9.17) is 10.5 Å².